The highest BCUT2D eigenvalue weighted by Gasteiger charge is 2.22. The van der Waals surface area contributed by atoms with Crippen LogP contribution in [0.4, 0.5) is 0 Å². The van der Waals surface area contributed by atoms with Crippen molar-refractivity contribution in [3.63, 3.8) is 0 Å². The highest BCUT2D eigenvalue weighted by Crippen LogP contribution is 2.16. The van der Waals surface area contributed by atoms with Crippen molar-refractivity contribution in [1.82, 2.24) is 25.0 Å². The smallest absolute Gasteiger partial charge is 0.147 e. The maximum Gasteiger partial charge on any atom is 0.147 e. The van der Waals surface area contributed by atoms with E-state index in [4.69, 9.17) is 0 Å². The van der Waals surface area contributed by atoms with Crippen LogP contribution in [-0.4, -0.2) is 63.1 Å². The van der Waals surface area contributed by atoms with Gasteiger partial charge in [-0.15, -0.1) is 0 Å². The van der Waals surface area contributed by atoms with Crippen LogP contribution >= 0.6 is 0 Å². The van der Waals surface area contributed by atoms with Crippen LogP contribution in [0, 0.1) is 12.8 Å². The quantitative estimate of drug-likeness (QED) is 0.833. The molecule has 3 heterocycles. The summed E-state index contributed by atoms with van der Waals surface area (Å²) in [6.45, 7) is 8.84. The third-order valence-corrected chi connectivity index (χ3v) is 4.95. The number of β-amino-alcohol motifs (C(OH)–C–C–N with tert-alkyl or cyclic N) is 1. The largest absolute Gasteiger partial charge is 0.390 e. The first-order valence-corrected chi connectivity index (χ1v) is 8.64. The molecule has 124 valence electrons. The number of hydrogen-bond acceptors (Lipinski definition) is 5. The van der Waals surface area contributed by atoms with Gasteiger partial charge in [-0.2, -0.15) is 5.10 Å². The van der Waals surface area contributed by atoms with E-state index in [1.165, 1.54) is 12.8 Å². The van der Waals surface area contributed by atoms with Crippen molar-refractivity contribution in [3.05, 3.63) is 11.6 Å². The van der Waals surface area contributed by atoms with E-state index in [0.717, 1.165) is 56.6 Å². The predicted molar refractivity (Wildman–Crippen MR) is 85.7 cm³/mol. The monoisotopic (exact) mass is 307 g/mol. The Kier molecular flexibility index (Phi) is 5.10. The topological polar surface area (TPSA) is 66.2 Å². The molecule has 0 aliphatic carbocycles. The van der Waals surface area contributed by atoms with Crippen LogP contribution in [0.1, 0.15) is 37.8 Å². The first-order valence-electron chi connectivity index (χ1n) is 8.64. The number of aliphatic hydroxyl groups is 1. The van der Waals surface area contributed by atoms with Gasteiger partial charge in [0.15, 0.2) is 0 Å². The third-order valence-electron chi connectivity index (χ3n) is 4.95. The molecule has 0 unspecified atom stereocenters. The molecule has 2 aliphatic rings. The molecular formula is C16H29N5O. The van der Waals surface area contributed by atoms with E-state index in [-0.39, 0.29) is 6.10 Å². The lowest BCUT2D eigenvalue weighted by Crippen LogP contribution is -2.46. The van der Waals surface area contributed by atoms with Crippen molar-refractivity contribution in [2.24, 2.45) is 5.92 Å². The Morgan fingerprint density at radius 3 is 2.86 bits per heavy atom. The zero-order valence-electron chi connectivity index (χ0n) is 13.8. The fraction of sp³-hybridized carbons (Fsp3) is 0.875. The van der Waals surface area contributed by atoms with E-state index >= 15 is 0 Å². The first-order chi connectivity index (χ1) is 10.6. The second-order valence-corrected chi connectivity index (χ2v) is 7.04. The fourth-order valence-electron chi connectivity index (χ4n) is 3.51. The van der Waals surface area contributed by atoms with Gasteiger partial charge in [0.1, 0.15) is 11.6 Å². The number of piperidine rings is 1. The normalized spacial score (nSPS) is 25.1. The molecule has 6 nitrogen and oxygen atoms in total. The number of hydrogen-bond donors (Lipinski definition) is 2. The lowest BCUT2D eigenvalue weighted by atomic mass is 9.99. The van der Waals surface area contributed by atoms with Crippen LogP contribution in [0.15, 0.2) is 0 Å². The molecule has 3 rings (SSSR count). The lowest BCUT2D eigenvalue weighted by Gasteiger charge is -2.32. The van der Waals surface area contributed by atoms with Crippen LogP contribution in [0.2, 0.25) is 0 Å². The van der Waals surface area contributed by atoms with Crippen LogP contribution in [0.25, 0.3) is 0 Å². The molecule has 1 aromatic rings. The SMILES string of the molecule is Cc1nc2n(n1)C[C@@H](NC[C@H](O)CN1CCC(C)CC1)CC2. The molecule has 1 saturated heterocycles. The summed E-state index contributed by atoms with van der Waals surface area (Å²) in [5, 5.41) is 18.2. The molecule has 1 aromatic heterocycles. The number of nitrogens with zero attached hydrogens (tertiary/aromatic N) is 4. The van der Waals surface area contributed by atoms with Gasteiger partial charge < -0.3 is 15.3 Å². The van der Waals surface area contributed by atoms with Crippen molar-refractivity contribution >= 4 is 0 Å². The molecule has 0 saturated carbocycles. The maximum absolute atomic E-state index is 10.3. The Labute approximate surface area is 132 Å². The molecule has 0 radical (unpaired) electrons. The van der Waals surface area contributed by atoms with Gasteiger partial charge in [-0.25, -0.2) is 9.67 Å². The van der Waals surface area contributed by atoms with E-state index in [1.807, 2.05) is 11.6 Å². The van der Waals surface area contributed by atoms with Crippen molar-refractivity contribution in [2.75, 3.05) is 26.2 Å². The number of aromatic nitrogens is 3. The van der Waals surface area contributed by atoms with E-state index in [9.17, 15) is 5.11 Å². The Balaban J connectivity index is 1.39. The Hall–Kier alpha value is -0.980. The zero-order chi connectivity index (χ0) is 15.5. The van der Waals surface area contributed by atoms with Gasteiger partial charge in [0, 0.05) is 25.6 Å². The second kappa shape index (κ2) is 7.06. The van der Waals surface area contributed by atoms with Crippen molar-refractivity contribution in [2.45, 2.75) is 58.2 Å². The van der Waals surface area contributed by atoms with E-state index in [0.29, 0.717) is 12.6 Å². The lowest BCUT2D eigenvalue weighted by molar-refractivity contribution is 0.0874. The summed E-state index contributed by atoms with van der Waals surface area (Å²) in [6, 6.07) is 0.393. The standard InChI is InChI=1S/C16H29N5O/c1-12-5-7-20(8-6-12)11-15(22)9-17-14-3-4-16-18-13(2)19-21(16)10-14/h12,14-15,17,22H,3-11H2,1-2H3/t14-,15-/m0/s1. The van der Waals surface area contributed by atoms with E-state index in [2.05, 4.69) is 27.2 Å². The molecule has 2 N–H and O–H groups in total. The number of rotatable bonds is 5. The Morgan fingerprint density at radius 2 is 2.09 bits per heavy atom. The molecule has 22 heavy (non-hydrogen) atoms. The highest BCUT2D eigenvalue weighted by atomic mass is 16.3. The van der Waals surface area contributed by atoms with Crippen molar-refractivity contribution < 1.29 is 5.11 Å². The summed E-state index contributed by atoms with van der Waals surface area (Å²) >= 11 is 0. The molecule has 6 heteroatoms. The molecule has 2 atom stereocenters. The van der Waals surface area contributed by atoms with Crippen LogP contribution in [0.3, 0.4) is 0 Å². The van der Waals surface area contributed by atoms with Gasteiger partial charge in [-0.3, -0.25) is 0 Å². The highest BCUT2D eigenvalue weighted by molar-refractivity contribution is 4.96. The molecule has 1 fully saturated rings. The first kappa shape index (κ1) is 15.9. The molecule has 0 aromatic carbocycles. The van der Waals surface area contributed by atoms with E-state index in [1.54, 1.807) is 0 Å². The third kappa shape index (κ3) is 4.06. The zero-order valence-corrected chi connectivity index (χ0v) is 13.8. The molecular weight excluding hydrogens is 278 g/mol. The van der Waals surface area contributed by atoms with Gasteiger partial charge in [0.2, 0.25) is 0 Å². The van der Waals surface area contributed by atoms with Crippen molar-refractivity contribution in [3.8, 4) is 0 Å². The minimum atomic E-state index is -0.285. The van der Waals surface area contributed by atoms with Crippen LogP contribution in [0.5, 0.6) is 0 Å². The average Bonchev–Trinajstić information content (AvgIpc) is 2.87. The van der Waals surface area contributed by atoms with Crippen LogP contribution in [-0.2, 0) is 13.0 Å². The van der Waals surface area contributed by atoms with Crippen molar-refractivity contribution in [1.29, 1.82) is 0 Å². The summed E-state index contributed by atoms with van der Waals surface area (Å²) in [4.78, 5) is 6.83. The number of aryl methyl sites for hydroxylation is 2. The number of nitrogens with one attached hydrogen (secondary N) is 1. The predicted octanol–water partition coefficient (Wildman–Crippen LogP) is 0.584. The number of likely N-dealkylation sites (tertiary alicyclic amines) is 1. The van der Waals surface area contributed by atoms with Gasteiger partial charge >= 0.3 is 0 Å². The fourth-order valence-corrected chi connectivity index (χ4v) is 3.51. The van der Waals surface area contributed by atoms with Gasteiger partial charge in [0.25, 0.3) is 0 Å². The summed E-state index contributed by atoms with van der Waals surface area (Å²) < 4.78 is 2.01. The number of aliphatic hydroxyl groups excluding tert-OH is 1. The molecule has 0 spiro atoms. The van der Waals surface area contributed by atoms with E-state index < -0.39 is 0 Å². The van der Waals surface area contributed by atoms with Gasteiger partial charge in [-0.1, -0.05) is 6.92 Å². The Morgan fingerprint density at radius 1 is 1.32 bits per heavy atom. The molecule has 2 aliphatic heterocycles. The molecule has 0 bridgehead atoms. The summed E-state index contributed by atoms with van der Waals surface area (Å²) in [5.74, 6) is 2.79. The average molecular weight is 307 g/mol. The maximum atomic E-state index is 10.3. The van der Waals surface area contributed by atoms with Gasteiger partial charge in [0.05, 0.1) is 12.6 Å². The summed E-state index contributed by atoms with van der Waals surface area (Å²) in [7, 11) is 0. The molecule has 0 amide bonds. The van der Waals surface area contributed by atoms with Gasteiger partial charge in [-0.05, 0) is 45.2 Å². The minimum Gasteiger partial charge on any atom is -0.390 e. The Bertz CT molecular complexity index is 481. The summed E-state index contributed by atoms with van der Waals surface area (Å²) in [5.41, 5.74) is 0. The van der Waals surface area contributed by atoms with Crippen LogP contribution < -0.4 is 5.32 Å². The summed E-state index contributed by atoms with van der Waals surface area (Å²) in [6.07, 6.45) is 4.28. The second-order valence-electron chi connectivity index (χ2n) is 7.04. The number of fused-ring (bicyclic) bond motifs is 1. The minimum absolute atomic E-state index is 0.285.